The van der Waals surface area contributed by atoms with Gasteiger partial charge in [-0.2, -0.15) is 5.10 Å². The zero-order valence-electron chi connectivity index (χ0n) is 13.1. The first-order valence-electron chi connectivity index (χ1n) is 7.74. The number of thioether (sulfide) groups is 1. The Hall–Kier alpha value is -0.930. The molecule has 9 heteroatoms. The average molecular weight is 386 g/mol. The van der Waals surface area contributed by atoms with Crippen molar-refractivity contribution < 1.29 is 4.79 Å². The van der Waals surface area contributed by atoms with Gasteiger partial charge in [0.05, 0.1) is 5.55 Å². The monoisotopic (exact) mass is 385 g/mol. The Kier molecular flexibility index (Phi) is 6.29. The number of halogens is 1. The molecule has 1 aromatic carbocycles. The number of hydrazone groups is 1. The largest absolute Gasteiger partial charge is 0.368 e. The Morgan fingerprint density at radius 1 is 1.50 bits per heavy atom. The number of benzene rings is 1. The molecule has 0 saturated carbocycles. The van der Waals surface area contributed by atoms with Gasteiger partial charge >= 0.3 is 0 Å². The lowest BCUT2D eigenvalue weighted by Gasteiger charge is -2.37. The predicted molar refractivity (Wildman–Crippen MR) is 102 cm³/mol. The average Bonchev–Trinajstić information content (AvgIpc) is 3.02. The first kappa shape index (κ1) is 17.9. The van der Waals surface area contributed by atoms with Crippen molar-refractivity contribution in [2.45, 2.75) is 17.2 Å². The van der Waals surface area contributed by atoms with Gasteiger partial charge < -0.3 is 11.1 Å². The lowest BCUT2D eigenvalue weighted by molar-refractivity contribution is -0.124. The van der Waals surface area contributed by atoms with E-state index in [4.69, 9.17) is 17.3 Å². The Bertz CT molecular complexity index is 611. The molecule has 24 heavy (non-hydrogen) atoms. The topological polar surface area (TPSA) is 74.0 Å². The number of primary amides is 1. The molecule has 2 aliphatic heterocycles. The molecular weight excluding hydrogens is 366 g/mol. The Morgan fingerprint density at radius 2 is 2.29 bits per heavy atom. The Labute approximate surface area is 155 Å². The van der Waals surface area contributed by atoms with E-state index in [-0.39, 0.29) is 17.3 Å². The van der Waals surface area contributed by atoms with E-state index in [0.29, 0.717) is 0 Å². The number of amides is 1. The summed E-state index contributed by atoms with van der Waals surface area (Å²) < 4.78 is 1.89. The van der Waals surface area contributed by atoms with E-state index in [9.17, 15) is 4.79 Å². The third kappa shape index (κ3) is 4.37. The van der Waals surface area contributed by atoms with Gasteiger partial charge in [-0.25, -0.2) is 4.41 Å². The summed E-state index contributed by atoms with van der Waals surface area (Å²) >= 11 is 9.14. The van der Waals surface area contributed by atoms with Crippen LogP contribution >= 0.6 is 35.3 Å². The molecule has 1 fully saturated rings. The second-order valence-electron chi connectivity index (χ2n) is 5.59. The van der Waals surface area contributed by atoms with E-state index in [1.165, 1.54) is 0 Å². The summed E-state index contributed by atoms with van der Waals surface area (Å²) in [7, 11) is 0. The van der Waals surface area contributed by atoms with E-state index in [2.05, 4.69) is 15.3 Å². The highest BCUT2D eigenvalue weighted by Gasteiger charge is 2.39. The van der Waals surface area contributed by atoms with Crippen molar-refractivity contribution in [2.75, 3.05) is 26.2 Å². The number of rotatable bonds is 6. The highest BCUT2D eigenvalue weighted by Crippen LogP contribution is 2.34. The van der Waals surface area contributed by atoms with Crippen molar-refractivity contribution in [1.29, 1.82) is 0 Å². The van der Waals surface area contributed by atoms with Crippen LogP contribution in [0.1, 0.15) is 5.56 Å². The zero-order chi connectivity index (χ0) is 16.9. The number of carbonyl (C=O) groups excluding carboxylic acids is 1. The number of nitrogens with zero attached hydrogens (tertiary/aromatic N) is 3. The van der Waals surface area contributed by atoms with Crippen LogP contribution < -0.4 is 11.1 Å². The lowest BCUT2D eigenvalue weighted by atomic mass is 10.2. The first-order valence-corrected chi connectivity index (χ1v) is 10.00. The quantitative estimate of drug-likeness (QED) is 0.724. The van der Waals surface area contributed by atoms with E-state index >= 15 is 0 Å². The van der Waals surface area contributed by atoms with Gasteiger partial charge in [0.25, 0.3) is 0 Å². The van der Waals surface area contributed by atoms with E-state index in [1.54, 1.807) is 29.3 Å². The molecule has 0 aromatic heterocycles. The first-order chi connectivity index (χ1) is 11.6. The molecule has 2 aliphatic rings. The van der Waals surface area contributed by atoms with Gasteiger partial charge in [-0.15, -0.1) is 0 Å². The SMILES string of the molecule is NC(=O)C(C1SC=NN1SCc1cccc(Cl)c1)N1CCNCC1. The summed E-state index contributed by atoms with van der Waals surface area (Å²) in [4.78, 5) is 14.2. The smallest absolute Gasteiger partial charge is 0.237 e. The second kappa shape index (κ2) is 8.44. The molecule has 0 aliphatic carbocycles. The summed E-state index contributed by atoms with van der Waals surface area (Å²) in [6.07, 6.45) is 0. The summed E-state index contributed by atoms with van der Waals surface area (Å²) in [5, 5.41) is 8.32. The van der Waals surface area contributed by atoms with Crippen LogP contribution in [-0.2, 0) is 10.5 Å². The maximum Gasteiger partial charge on any atom is 0.237 e. The molecule has 2 atom stereocenters. The molecule has 2 unspecified atom stereocenters. The molecular formula is C15H20ClN5OS2. The number of carbonyl (C=O) groups is 1. The molecule has 1 saturated heterocycles. The normalized spacial score (nSPS) is 22.7. The van der Waals surface area contributed by atoms with E-state index in [1.807, 2.05) is 28.7 Å². The molecule has 6 nitrogen and oxygen atoms in total. The van der Waals surface area contributed by atoms with Gasteiger partial charge in [0.2, 0.25) is 5.91 Å². The van der Waals surface area contributed by atoms with Gasteiger partial charge in [-0.1, -0.05) is 35.5 Å². The van der Waals surface area contributed by atoms with Crippen LogP contribution in [0.15, 0.2) is 29.4 Å². The standard InChI is InChI=1S/C15H20ClN5OS2/c16-12-3-1-2-11(8-12)9-24-21-15(23-10-19-21)13(14(17)22)20-6-4-18-5-7-20/h1-3,8,10,13,15,18H,4-7,9H2,(H2,17,22). The van der Waals surface area contributed by atoms with Crippen LogP contribution in [0.2, 0.25) is 5.02 Å². The fourth-order valence-electron chi connectivity index (χ4n) is 2.78. The minimum atomic E-state index is -0.355. The highest BCUT2D eigenvalue weighted by molar-refractivity contribution is 8.13. The van der Waals surface area contributed by atoms with Crippen molar-refractivity contribution in [2.24, 2.45) is 10.8 Å². The Balaban J connectivity index is 1.66. The number of nitrogens with one attached hydrogen (secondary N) is 1. The molecule has 1 amide bonds. The summed E-state index contributed by atoms with van der Waals surface area (Å²) in [5.41, 5.74) is 8.62. The van der Waals surface area contributed by atoms with Crippen LogP contribution in [0, 0.1) is 0 Å². The summed E-state index contributed by atoms with van der Waals surface area (Å²) in [6, 6.07) is 7.41. The van der Waals surface area contributed by atoms with Gasteiger partial charge in [0, 0.05) is 37.0 Å². The van der Waals surface area contributed by atoms with Gasteiger partial charge in [0.1, 0.15) is 11.4 Å². The molecule has 0 radical (unpaired) electrons. The molecule has 0 bridgehead atoms. The van der Waals surface area contributed by atoms with Crippen LogP contribution in [0.3, 0.4) is 0 Å². The maximum atomic E-state index is 12.1. The number of hydrogen-bond acceptors (Lipinski definition) is 7. The fourth-order valence-corrected chi connectivity index (χ4v) is 5.12. The van der Waals surface area contributed by atoms with Gasteiger partial charge in [-0.05, 0) is 29.6 Å². The van der Waals surface area contributed by atoms with Crippen molar-refractivity contribution in [3.8, 4) is 0 Å². The summed E-state index contributed by atoms with van der Waals surface area (Å²) in [5.74, 6) is 0.440. The van der Waals surface area contributed by atoms with Crippen LogP contribution in [0.4, 0.5) is 0 Å². The third-order valence-electron chi connectivity index (χ3n) is 3.94. The zero-order valence-corrected chi connectivity index (χ0v) is 15.5. The lowest BCUT2D eigenvalue weighted by Crippen LogP contribution is -2.58. The molecule has 3 N–H and O–H groups in total. The number of piperazine rings is 1. The molecule has 1 aromatic rings. The van der Waals surface area contributed by atoms with Crippen LogP contribution in [0.25, 0.3) is 0 Å². The summed E-state index contributed by atoms with van der Waals surface area (Å²) in [6.45, 7) is 3.38. The predicted octanol–water partition coefficient (Wildman–Crippen LogP) is 1.57. The number of nitrogens with two attached hydrogens (primary N) is 1. The minimum Gasteiger partial charge on any atom is -0.368 e. The molecule has 130 valence electrons. The van der Waals surface area contributed by atoms with Crippen molar-refractivity contribution >= 4 is 46.8 Å². The number of hydrogen-bond donors (Lipinski definition) is 2. The highest BCUT2D eigenvalue weighted by atomic mass is 35.5. The minimum absolute atomic E-state index is 0.107. The van der Waals surface area contributed by atoms with E-state index in [0.717, 1.165) is 42.5 Å². The van der Waals surface area contributed by atoms with Gasteiger partial charge in [0.15, 0.2) is 0 Å². The van der Waals surface area contributed by atoms with Crippen molar-refractivity contribution in [1.82, 2.24) is 14.6 Å². The molecule has 3 rings (SSSR count). The van der Waals surface area contributed by atoms with Crippen LogP contribution in [0.5, 0.6) is 0 Å². The second-order valence-corrected chi connectivity index (χ2v) is 7.91. The molecule has 0 spiro atoms. The third-order valence-corrected chi connectivity index (χ3v) is 6.31. The van der Waals surface area contributed by atoms with Crippen molar-refractivity contribution in [3.63, 3.8) is 0 Å². The van der Waals surface area contributed by atoms with E-state index < -0.39 is 0 Å². The Morgan fingerprint density at radius 3 is 3.00 bits per heavy atom. The van der Waals surface area contributed by atoms with Crippen molar-refractivity contribution in [3.05, 3.63) is 34.9 Å². The maximum absolute atomic E-state index is 12.1. The van der Waals surface area contributed by atoms with Crippen LogP contribution in [-0.4, -0.2) is 58.4 Å². The molecule has 2 heterocycles. The van der Waals surface area contributed by atoms with Gasteiger partial charge in [-0.3, -0.25) is 9.69 Å². The fraction of sp³-hybridized carbons (Fsp3) is 0.467.